The molecule has 0 radical (unpaired) electrons. The zero-order valence-corrected chi connectivity index (χ0v) is 10.7. The third-order valence-corrected chi connectivity index (χ3v) is 2.39. The van der Waals surface area contributed by atoms with Crippen LogP contribution in [0.15, 0.2) is 35.4 Å². The molecule has 1 aromatic rings. The van der Waals surface area contributed by atoms with Crippen molar-refractivity contribution in [1.82, 2.24) is 0 Å². The standard InChI is InChI=1S/C12H14N4O3/c1-3-19-11(18)12(2,15-16-13)10(17)14-9-7-5-4-6-8-9/h4-8H,3H2,1-2H3,(H,14,17). The summed E-state index contributed by atoms with van der Waals surface area (Å²) in [6.07, 6.45) is 0. The number of rotatable bonds is 5. The summed E-state index contributed by atoms with van der Waals surface area (Å²) < 4.78 is 4.75. The van der Waals surface area contributed by atoms with Gasteiger partial charge in [0.15, 0.2) is 0 Å². The number of para-hydroxylation sites is 1. The number of esters is 1. The molecule has 0 aromatic heterocycles. The van der Waals surface area contributed by atoms with Gasteiger partial charge in [0, 0.05) is 10.6 Å². The average molecular weight is 262 g/mol. The lowest BCUT2D eigenvalue weighted by atomic mass is 10.0. The number of carbonyl (C=O) groups is 2. The summed E-state index contributed by atoms with van der Waals surface area (Å²) in [4.78, 5) is 26.3. The van der Waals surface area contributed by atoms with Gasteiger partial charge in [-0.2, -0.15) is 0 Å². The van der Waals surface area contributed by atoms with Crippen molar-refractivity contribution in [2.24, 2.45) is 5.11 Å². The second kappa shape index (κ2) is 6.42. The van der Waals surface area contributed by atoms with Crippen LogP contribution in [0.2, 0.25) is 0 Å². The molecule has 0 spiro atoms. The lowest BCUT2D eigenvalue weighted by Crippen LogP contribution is -2.46. The molecule has 1 unspecified atom stereocenters. The number of azide groups is 1. The summed E-state index contributed by atoms with van der Waals surface area (Å²) >= 11 is 0. The van der Waals surface area contributed by atoms with E-state index in [9.17, 15) is 9.59 Å². The molecular formula is C12H14N4O3. The van der Waals surface area contributed by atoms with Crippen molar-refractivity contribution in [3.8, 4) is 0 Å². The Morgan fingerprint density at radius 2 is 2.05 bits per heavy atom. The lowest BCUT2D eigenvalue weighted by molar-refractivity contribution is -0.151. The largest absolute Gasteiger partial charge is 0.465 e. The summed E-state index contributed by atoms with van der Waals surface area (Å²) in [5.74, 6) is -1.63. The highest BCUT2D eigenvalue weighted by Crippen LogP contribution is 2.17. The summed E-state index contributed by atoms with van der Waals surface area (Å²) in [6, 6.07) is 8.54. The molecular weight excluding hydrogens is 248 g/mol. The van der Waals surface area contributed by atoms with Crippen LogP contribution in [0.3, 0.4) is 0 Å². The number of nitrogens with one attached hydrogen (secondary N) is 1. The van der Waals surface area contributed by atoms with E-state index in [0.29, 0.717) is 5.69 Å². The lowest BCUT2D eigenvalue weighted by Gasteiger charge is -2.20. The molecule has 7 heteroatoms. The molecule has 19 heavy (non-hydrogen) atoms. The Morgan fingerprint density at radius 3 is 2.58 bits per heavy atom. The molecule has 100 valence electrons. The van der Waals surface area contributed by atoms with E-state index in [-0.39, 0.29) is 6.61 Å². The first-order chi connectivity index (χ1) is 9.04. The molecule has 0 heterocycles. The minimum atomic E-state index is -1.93. The number of anilines is 1. The fourth-order valence-electron chi connectivity index (χ4n) is 1.31. The monoisotopic (exact) mass is 262 g/mol. The van der Waals surface area contributed by atoms with E-state index in [1.807, 2.05) is 0 Å². The molecule has 1 N–H and O–H groups in total. The van der Waals surface area contributed by atoms with Gasteiger partial charge < -0.3 is 10.1 Å². The summed E-state index contributed by atoms with van der Waals surface area (Å²) in [5.41, 5.74) is 7.07. The van der Waals surface area contributed by atoms with E-state index in [1.165, 1.54) is 6.92 Å². The Labute approximate surface area is 110 Å². The highest BCUT2D eigenvalue weighted by atomic mass is 16.5. The predicted octanol–water partition coefficient (Wildman–Crippen LogP) is 2.26. The number of carbonyl (C=O) groups excluding carboxylic acids is 2. The summed E-state index contributed by atoms with van der Waals surface area (Å²) in [6.45, 7) is 2.90. The maximum atomic E-state index is 12.1. The summed E-state index contributed by atoms with van der Waals surface area (Å²) in [5, 5.41) is 5.77. The minimum absolute atomic E-state index is 0.0913. The SMILES string of the molecule is CCOC(=O)C(C)(N=[N+]=[N-])C(=O)Nc1ccccc1. The van der Waals surface area contributed by atoms with Crippen LogP contribution >= 0.6 is 0 Å². The first-order valence-corrected chi connectivity index (χ1v) is 5.64. The highest BCUT2D eigenvalue weighted by Gasteiger charge is 2.42. The molecule has 0 fully saturated rings. The van der Waals surface area contributed by atoms with Crippen LogP contribution in [0.4, 0.5) is 5.69 Å². The minimum Gasteiger partial charge on any atom is -0.465 e. The third-order valence-electron chi connectivity index (χ3n) is 2.39. The van der Waals surface area contributed by atoms with Gasteiger partial charge in [0.25, 0.3) is 0 Å². The number of hydrogen-bond acceptors (Lipinski definition) is 4. The number of ether oxygens (including phenoxy) is 1. The van der Waals surface area contributed by atoms with Gasteiger partial charge in [-0.3, -0.25) is 9.59 Å². The van der Waals surface area contributed by atoms with Gasteiger partial charge in [0.05, 0.1) is 6.61 Å². The Morgan fingerprint density at radius 1 is 1.42 bits per heavy atom. The fraction of sp³-hybridized carbons (Fsp3) is 0.333. The van der Waals surface area contributed by atoms with Crippen LogP contribution in [0.1, 0.15) is 13.8 Å². The van der Waals surface area contributed by atoms with Gasteiger partial charge in [0.1, 0.15) is 0 Å². The molecule has 0 aliphatic rings. The van der Waals surface area contributed by atoms with Gasteiger partial charge in [0.2, 0.25) is 11.4 Å². The number of amides is 1. The Hall–Kier alpha value is -2.53. The predicted molar refractivity (Wildman–Crippen MR) is 69.3 cm³/mol. The Balaban J connectivity index is 2.96. The van der Waals surface area contributed by atoms with Crippen molar-refractivity contribution in [2.45, 2.75) is 19.4 Å². The molecule has 0 bridgehead atoms. The van der Waals surface area contributed by atoms with E-state index in [2.05, 4.69) is 15.3 Å². The van der Waals surface area contributed by atoms with E-state index >= 15 is 0 Å². The van der Waals surface area contributed by atoms with E-state index in [1.54, 1.807) is 37.3 Å². The van der Waals surface area contributed by atoms with Crippen LogP contribution < -0.4 is 5.32 Å². The second-order valence-corrected chi connectivity index (χ2v) is 3.80. The molecule has 0 aliphatic carbocycles. The number of benzene rings is 1. The molecule has 0 saturated carbocycles. The first-order valence-electron chi connectivity index (χ1n) is 5.64. The smallest absolute Gasteiger partial charge is 0.327 e. The molecule has 1 amide bonds. The topological polar surface area (TPSA) is 104 Å². The number of nitrogens with zero attached hydrogens (tertiary/aromatic N) is 3. The highest BCUT2D eigenvalue weighted by molar-refractivity contribution is 6.12. The third kappa shape index (κ3) is 3.46. The van der Waals surface area contributed by atoms with E-state index < -0.39 is 17.4 Å². The molecule has 7 nitrogen and oxygen atoms in total. The van der Waals surface area contributed by atoms with E-state index in [0.717, 1.165) is 0 Å². The van der Waals surface area contributed by atoms with Crippen LogP contribution in [0, 0.1) is 0 Å². The van der Waals surface area contributed by atoms with Crippen molar-refractivity contribution in [3.05, 3.63) is 40.8 Å². The van der Waals surface area contributed by atoms with Gasteiger partial charge in [-0.05, 0) is 31.5 Å². The van der Waals surface area contributed by atoms with Gasteiger partial charge in [-0.25, -0.2) is 0 Å². The average Bonchev–Trinajstić information content (AvgIpc) is 2.40. The molecule has 1 atom stereocenters. The Kier molecular flexibility index (Phi) is 4.91. The van der Waals surface area contributed by atoms with Crippen LogP contribution in [0.25, 0.3) is 10.4 Å². The van der Waals surface area contributed by atoms with Crippen molar-refractivity contribution in [3.63, 3.8) is 0 Å². The maximum absolute atomic E-state index is 12.1. The van der Waals surface area contributed by atoms with Gasteiger partial charge >= 0.3 is 5.97 Å². The summed E-state index contributed by atoms with van der Waals surface area (Å²) in [7, 11) is 0. The fourth-order valence-corrected chi connectivity index (χ4v) is 1.31. The van der Waals surface area contributed by atoms with Crippen molar-refractivity contribution in [2.75, 3.05) is 11.9 Å². The molecule has 0 saturated heterocycles. The quantitative estimate of drug-likeness (QED) is 0.289. The van der Waals surface area contributed by atoms with Crippen molar-refractivity contribution in [1.29, 1.82) is 0 Å². The van der Waals surface area contributed by atoms with Crippen molar-refractivity contribution >= 4 is 17.6 Å². The normalized spacial score (nSPS) is 12.7. The van der Waals surface area contributed by atoms with Crippen LogP contribution in [-0.4, -0.2) is 24.0 Å². The van der Waals surface area contributed by atoms with Gasteiger partial charge in [-0.15, -0.1) is 0 Å². The van der Waals surface area contributed by atoms with Crippen LogP contribution in [0.5, 0.6) is 0 Å². The number of hydrogen-bond donors (Lipinski definition) is 1. The molecule has 1 aromatic carbocycles. The zero-order chi connectivity index (χ0) is 14.3. The van der Waals surface area contributed by atoms with Gasteiger partial charge in [-0.1, -0.05) is 23.3 Å². The molecule has 1 rings (SSSR count). The molecule has 0 aliphatic heterocycles. The van der Waals surface area contributed by atoms with E-state index in [4.69, 9.17) is 10.3 Å². The second-order valence-electron chi connectivity index (χ2n) is 3.80. The zero-order valence-electron chi connectivity index (χ0n) is 10.7. The first kappa shape index (κ1) is 14.5. The maximum Gasteiger partial charge on any atom is 0.327 e. The van der Waals surface area contributed by atoms with Crippen molar-refractivity contribution < 1.29 is 14.3 Å². The van der Waals surface area contributed by atoms with Crippen LogP contribution in [-0.2, 0) is 14.3 Å². The Bertz CT molecular complexity index is 511.